The normalized spacial score (nSPS) is 18.0. The average molecular weight is 351 g/mol. The topological polar surface area (TPSA) is 42.4 Å². The molecule has 2 heterocycles. The van der Waals surface area contributed by atoms with E-state index in [0.29, 0.717) is 16.4 Å². The number of aromatic nitrogens is 1. The molecule has 0 N–H and O–H groups in total. The molecule has 0 saturated carbocycles. The van der Waals surface area contributed by atoms with E-state index in [4.69, 9.17) is 16.3 Å². The second kappa shape index (κ2) is 7.32. The van der Waals surface area contributed by atoms with Gasteiger partial charge in [-0.1, -0.05) is 53.3 Å². The first kappa shape index (κ1) is 16.3. The lowest BCUT2D eigenvalue weighted by atomic mass is 10.0. The summed E-state index contributed by atoms with van der Waals surface area (Å²) < 4.78 is 5.58. The van der Waals surface area contributed by atoms with E-state index in [2.05, 4.69) is 11.9 Å². The Hall–Kier alpha value is -1.59. The third-order valence-electron chi connectivity index (χ3n) is 4.04. The van der Waals surface area contributed by atoms with Gasteiger partial charge in [0.2, 0.25) is 0 Å². The number of thiazole rings is 1. The minimum atomic E-state index is 0.0163. The summed E-state index contributed by atoms with van der Waals surface area (Å²) in [5.74, 6) is 0.0183. The van der Waals surface area contributed by atoms with Crippen LogP contribution in [0, 0.1) is 0 Å². The zero-order valence-corrected chi connectivity index (χ0v) is 14.6. The van der Waals surface area contributed by atoms with Gasteiger partial charge in [0.05, 0.1) is 4.88 Å². The molecule has 3 rings (SSSR count). The summed E-state index contributed by atoms with van der Waals surface area (Å²) >= 11 is 7.56. The van der Waals surface area contributed by atoms with Crippen molar-refractivity contribution in [3.05, 3.63) is 35.5 Å². The molecule has 0 bridgehead atoms. The van der Waals surface area contributed by atoms with Crippen LogP contribution in [0.4, 0.5) is 0 Å². The third-order valence-corrected chi connectivity index (χ3v) is 5.45. The van der Waals surface area contributed by atoms with E-state index in [1.807, 2.05) is 35.2 Å². The largest absolute Gasteiger partial charge is 0.460 e. The lowest BCUT2D eigenvalue weighted by Crippen LogP contribution is -2.44. The van der Waals surface area contributed by atoms with Crippen LogP contribution in [-0.4, -0.2) is 35.0 Å². The van der Waals surface area contributed by atoms with Gasteiger partial charge in [0.1, 0.15) is 0 Å². The van der Waals surface area contributed by atoms with E-state index in [0.717, 1.165) is 29.8 Å². The van der Waals surface area contributed by atoms with Gasteiger partial charge < -0.3 is 9.64 Å². The van der Waals surface area contributed by atoms with Crippen molar-refractivity contribution in [2.24, 2.45) is 0 Å². The zero-order valence-electron chi connectivity index (χ0n) is 13.0. The minimum absolute atomic E-state index is 0.0163. The number of likely N-dealkylation sites (tertiary alicyclic amines) is 1. The molecule has 2 aromatic rings. The number of amides is 1. The number of benzene rings is 1. The van der Waals surface area contributed by atoms with E-state index in [9.17, 15) is 4.79 Å². The maximum atomic E-state index is 12.3. The van der Waals surface area contributed by atoms with Crippen molar-refractivity contribution in [3.63, 3.8) is 0 Å². The predicted molar refractivity (Wildman–Crippen MR) is 93.1 cm³/mol. The molecule has 1 amide bonds. The van der Waals surface area contributed by atoms with Crippen LogP contribution in [0.5, 0.6) is 5.19 Å². The van der Waals surface area contributed by atoms with E-state index >= 15 is 0 Å². The summed E-state index contributed by atoms with van der Waals surface area (Å²) in [5, 5.41) is 0.849. The maximum absolute atomic E-state index is 12.3. The van der Waals surface area contributed by atoms with E-state index < -0.39 is 0 Å². The van der Waals surface area contributed by atoms with Crippen molar-refractivity contribution >= 4 is 28.8 Å². The number of hydrogen-bond donors (Lipinski definition) is 0. The molecule has 122 valence electrons. The highest BCUT2D eigenvalue weighted by atomic mass is 35.5. The first-order valence-corrected chi connectivity index (χ1v) is 8.98. The van der Waals surface area contributed by atoms with Gasteiger partial charge in [-0.05, 0) is 31.7 Å². The summed E-state index contributed by atoms with van der Waals surface area (Å²) in [5.41, 5.74) is 1.00. The fourth-order valence-electron chi connectivity index (χ4n) is 2.79. The van der Waals surface area contributed by atoms with Gasteiger partial charge in [-0.3, -0.25) is 4.79 Å². The lowest BCUT2D eigenvalue weighted by Gasteiger charge is -2.33. The Morgan fingerprint density at radius 3 is 2.91 bits per heavy atom. The Bertz CT molecular complexity index is 674. The van der Waals surface area contributed by atoms with Crippen molar-refractivity contribution in [2.75, 3.05) is 13.2 Å². The Morgan fingerprint density at radius 1 is 1.39 bits per heavy atom. The fraction of sp³-hybridized carbons (Fsp3) is 0.412. The molecular formula is C17H19ClN2O2S. The zero-order chi connectivity index (χ0) is 16.2. The van der Waals surface area contributed by atoms with Crippen molar-refractivity contribution in [1.82, 2.24) is 9.88 Å². The summed E-state index contributed by atoms with van der Waals surface area (Å²) in [4.78, 5) is 19.3. The van der Waals surface area contributed by atoms with Gasteiger partial charge in [-0.2, -0.15) is 4.98 Å². The van der Waals surface area contributed by atoms with E-state index in [-0.39, 0.29) is 12.5 Å². The molecule has 0 spiro atoms. The molecule has 4 nitrogen and oxygen atoms in total. The van der Waals surface area contributed by atoms with Crippen LogP contribution in [0.25, 0.3) is 10.4 Å². The number of halogens is 1. The quantitative estimate of drug-likeness (QED) is 0.828. The van der Waals surface area contributed by atoms with Gasteiger partial charge in [-0.15, -0.1) is 0 Å². The van der Waals surface area contributed by atoms with Crippen LogP contribution in [0.2, 0.25) is 5.15 Å². The Labute approximate surface area is 145 Å². The first-order valence-electron chi connectivity index (χ1n) is 7.79. The molecule has 1 fully saturated rings. The van der Waals surface area contributed by atoms with Crippen LogP contribution in [0.1, 0.15) is 26.2 Å². The van der Waals surface area contributed by atoms with Crippen LogP contribution in [0.15, 0.2) is 30.3 Å². The number of ether oxygens (including phenoxy) is 1. The molecule has 0 aliphatic carbocycles. The van der Waals surface area contributed by atoms with Gasteiger partial charge in [0.25, 0.3) is 11.1 Å². The second-order valence-electron chi connectivity index (χ2n) is 5.69. The highest BCUT2D eigenvalue weighted by Gasteiger charge is 2.24. The first-order chi connectivity index (χ1) is 11.1. The Kier molecular flexibility index (Phi) is 5.18. The molecule has 1 aromatic carbocycles. The minimum Gasteiger partial charge on any atom is -0.460 e. The van der Waals surface area contributed by atoms with Crippen molar-refractivity contribution in [3.8, 4) is 15.6 Å². The predicted octanol–water partition coefficient (Wildman–Crippen LogP) is 4.24. The molecule has 1 aliphatic heterocycles. The summed E-state index contributed by atoms with van der Waals surface area (Å²) in [6, 6.07) is 10.1. The standard InChI is InChI=1S/C17H19ClN2O2S/c1-12-7-5-6-10-20(12)14(21)11-22-17-19-16(18)15(23-17)13-8-3-2-4-9-13/h2-4,8-9,12H,5-7,10-11H2,1H3. The number of carbonyl (C=O) groups is 1. The van der Waals surface area contributed by atoms with Crippen LogP contribution >= 0.6 is 22.9 Å². The lowest BCUT2D eigenvalue weighted by molar-refractivity contribution is -0.136. The molecule has 6 heteroatoms. The molecule has 1 aliphatic rings. The Morgan fingerprint density at radius 2 is 2.17 bits per heavy atom. The fourth-order valence-corrected chi connectivity index (χ4v) is 3.95. The monoisotopic (exact) mass is 350 g/mol. The smallest absolute Gasteiger partial charge is 0.275 e. The van der Waals surface area contributed by atoms with Gasteiger partial charge in [-0.25, -0.2) is 0 Å². The summed E-state index contributed by atoms with van der Waals surface area (Å²) in [7, 11) is 0. The highest BCUT2D eigenvalue weighted by molar-refractivity contribution is 7.17. The van der Waals surface area contributed by atoms with Crippen LogP contribution in [0.3, 0.4) is 0 Å². The average Bonchev–Trinajstić information content (AvgIpc) is 2.95. The highest BCUT2D eigenvalue weighted by Crippen LogP contribution is 2.37. The summed E-state index contributed by atoms with van der Waals surface area (Å²) in [6.07, 6.45) is 3.32. The second-order valence-corrected chi connectivity index (χ2v) is 7.01. The number of rotatable bonds is 4. The van der Waals surface area contributed by atoms with E-state index in [1.54, 1.807) is 0 Å². The maximum Gasteiger partial charge on any atom is 0.275 e. The van der Waals surface area contributed by atoms with Crippen molar-refractivity contribution in [2.45, 2.75) is 32.2 Å². The van der Waals surface area contributed by atoms with Crippen molar-refractivity contribution in [1.29, 1.82) is 0 Å². The van der Waals surface area contributed by atoms with Crippen molar-refractivity contribution < 1.29 is 9.53 Å². The molecule has 0 radical (unpaired) electrons. The van der Waals surface area contributed by atoms with Crippen LogP contribution in [-0.2, 0) is 4.79 Å². The molecular weight excluding hydrogens is 332 g/mol. The number of carbonyl (C=O) groups excluding carboxylic acids is 1. The number of nitrogens with zero attached hydrogens (tertiary/aromatic N) is 2. The molecule has 1 atom stereocenters. The molecule has 23 heavy (non-hydrogen) atoms. The van der Waals surface area contributed by atoms with Gasteiger partial charge in [0.15, 0.2) is 11.8 Å². The van der Waals surface area contributed by atoms with Crippen LogP contribution < -0.4 is 4.74 Å². The Balaban J connectivity index is 1.64. The third kappa shape index (κ3) is 3.85. The van der Waals surface area contributed by atoms with Gasteiger partial charge in [0, 0.05) is 12.6 Å². The molecule has 1 aromatic heterocycles. The number of hydrogen-bond acceptors (Lipinski definition) is 4. The van der Waals surface area contributed by atoms with E-state index in [1.165, 1.54) is 17.8 Å². The van der Waals surface area contributed by atoms with Gasteiger partial charge >= 0.3 is 0 Å². The summed E-state index contributed by atoms with van der Waals surface area (Å²) in [6.45, 7) is 2.92. The molecule has 1 saturated heterocycles. The molecule has 1 unspecified atom stereocenters. The number of piperidine rings is 1. The SMILES string of the molecule is CC1CCCCN1C(=O)COc1nc(Cl)c(-c2ccccc2)s1.